The topological polar surface area (TPSA) is 33.2 Å². The summed E-state index contributed by atoms with van der Waals surface area (Å²) >= 11 is 15.3. The van der Waals surface area contributed by atoms with Gasteiger partial charge in [-0.25, -0.2) is 9.37 Å². The summed E-state index contributed by atoms with van der Waals surface area (Å²) in [6.45, 7) is 0.539. The summed E-state index contributed by atoms with van der Waals surface area (Å²) in [6, 6.07) is 1.52. The van der Waals surface area contributed by atoms with Gasteiger partial charge in [-0.1, -0.05) is 23.2 Å². The van der Waals surface area contributed by atoms with E-state index in [1.54, 1.807) is 11.9 Å². The van der Waals surface area contributed by atoms with Gasteiger partial charge in [0.1, 0.15) is 5.52 Å². The number of rotatable bonds is 0. The van der Waals surface area contributed by atoms with Crippen LogP contribution in [0.1, 0.15) is 16.1 Å². The minimum Gasteiger partial charge on any atom is -0.341 e. The van der Waals surface area contributed by atoms with Gasteiger partial charge in [-0.2, -0.15) is 0 Å². The van der Waals surface area contributed by atoms with Gasteiger partial charge < -0.3 is 4.90 Å². The molecule has 1 aliphatic heterocycles. The summed E-state index contributed by atoms with van der Waals surface area (Å²) in [6.07, 6.45) is 0.549. The number of carbonyl (C=O) groups is 1. The molecule has 0 atom stereocenters. The lowest BCUT2D eigenvalue weighted by Gasteiger charge is -2.25. The predicted octanol–water partition coefficient (Wildman–Crippen LogP) is 4.07. The van der Waals surface area contributed by atoms with Gasteiger partial charge in [0.2, 0.25) is 0 Å². The van der Waals surface area contributed by atoms with E-state index in [0.29, 0.717) is 29.6 Å². The van der Waals surface area contributed by atoms with Crippen molar-refractivity contribution < 1.29 is 9.18 Å². The molecule has 0 saturated carbocycles. The van der Waals surface area contributed by atoms with E-state index in [4.69, 9.17) is 23.2 Å². The molecule has 2 aromatic rings. The highest BCUT2D eigenvalue weighted by atomic mass is 79.9. The molecular weight excluding hydrogens is 370 g/mol. The normalized spacial score (nSPS) is 14.8. The van der Waals surface area contributed by atoms with Crippen LogP contribution in [-0.4, -0.2) is 29.4 Å². The SMILES string of the molecule is CN1CCc2nc3c(F)c(Br)c(Cl)cc3c(Cl)c2C1=O. The Balaban J connectivity index is 2.42. The molecule has 1 aromatic heterocycles. The molecule has 104 valence electrons. The van der Waals surface area contributed by atoms with E-state index < -0.39 is 5.82 Å². The Morgan fingerprint density at radius 3 is 2.85 bits per heavy atom. The minimum atomic E-state index is -0.566. The highest BCUT2D eigenvalue weighted by Crippen LogP contribution is 2.37. The standard InChI is InChI=1S/C13H8BrCl2FN2O/c1-19-3-2-7-8(13(19)20)10(16)5-4-6(15)9(14)11(17)12(5)18-7/h4H,2-3H2,1H3. The summed E-state index contributed by atoms with van der Waals surface area (Å²) in [4.78, 5) is 18.0. The average Bonchev–Trinajstić information content (AvgIpc) is 2.42. The van der Waals surface area contributed by atoms with Gasteiger partial charge in [-0.3, -0.25) is 4.79 Å². The van der Waals surface area contributed by atoms with Crippen LogP contribution in [0.3, 0.4) is 0 Å². The molecule has 1 aromatic carbocycles. The predicted molar refractivity (Wildman–Crippen MR) is 80.1 cm³/mol. The Hall–Kier alpha value is -0.910. The number of hydrogen-bond donors (Lipinski definition) is 0. The molecule has 1 amide bonds. The van der Waals surface area contributed by atoms with Crippen molar-refractivity contribution in [1.82, 2.24) is 9.88 Å². The Kier molecular flexibility index (Phi) is 3.39. The Bertz CT molecular complexity index is 766. The lowest BCUT2D eigenvalue weighted by Crippen LogP contribution is -2.35. The largest absolute Gasteiger partial charge is 0.341 e. The zero-order valence-corrected chi connectivity index (χ0v) is 13.4. The first-order valence-electron chi connectivity index (χ1n) is 5.83. The molecule has 2 heterocycles. The number of aromatic nitrogens is 1. The summed E-state index contributed by atoms with van der Waals surface area (Å²) < 4.78 is 14.4. The zero-order valence-electron chi connectivity index (χ0n) is 10.3. The number of amides is 1. The third kappa shape index (κ3) is 1.91. The van der Waals surface area contributed by atoms with Crippen LogP contribution in [0.25, 0.3) is 10.9 Å². The van der Waals surface area contributed by atoms with Crippen molar-refractivity contribution in [2.45, 2.75) is 6.42 Å². The van der Waals surface area contributed by atoms with Gasteiger partial charge >= 0.3 is 0 Å². The number of fused-ring (bicyclic) bond motifs is 2. The molecule has 7 heteroatoms. The van der Waals surface area contributed by atoms with Crippen molar-refractivity contribution in [3.05, 3.63) is 37.7 Å². The number of carbonyl (C=O) groups excluding carboxylic acids is 1. The molecule has 0 aliphatic carbocycles. The Morgan fingerprint density at radius 1 is 1.45 bits per heavy atom. The van der Waals surface area contributed by atoms with E-state index in [2.05, 4.69) is 20.9 Å². The number of nitrogens with zero attached hydrogens (tertiary/aromatic N) is 2. The lowest BCUT2D eigenvalue weighted by atomic mass is 10.0. The highest BCUT2D eigenvalue weighted by molar-refractivity contribution is 9.10. The summed E-state index contributed by atoms with van der Waals surface area (Å²) in [5.41, 5.74) is 0.992. The number of likely N-dealkylation sites (N-methyl/N-ethyl adjacent to an activating group) is 1. The number of pyridine rings is 1. The second-order valence-electron chi connectivity index (χ2n) is 4.61. The van der Waals surface area contributed by atoms with Crippen LogP contribution in [0.5, 0.6) is 0 Å². The van der Waals surface area contributed by atoms with Crippen LogP contribution < -0.4 is 0 Å². The van der Waals surface area contributed by atoms with Crippen molar-refractivity contribution >= 4 is 55.9 Å². The molecular formula is C13H8BrCl2FN2O. The number of halogens is 4. The van der Waals surface area contributed by atoms with Crippen molar-refractivity contribution in [2.24, 2.45) is 0 Å². The van der Waals surface area contributed by atoms with Crippen LogP contribution in [0.4, 0.5) is 4.39 Å². The molecule has 0 unspecified atom stereocenters. The van der Waals surface area contributed by atoms with Gasteiger partial charge in [0, 0.05) is 25.4 Å². The molecule has 0 spiro atoms. The van der Waals surface area contributed by atoms with Crippen LogP contribution in [0.15, 0.2) is 10.5 Å². The molecule has 3 rings (SSSR count). The first kappa shape index (κ1) is 14.0. The van der Waals surface area contributed by atoms with E-state index in [1.807, 2.05) is 0 Å². The molecule has 1 aliphatic rings. The van der Waals surface area contributed by atoms with Crippen LogP contribution in [0.2, 0.25) is 10.0 Å². The molecule has 3 nitrogen and oxygen atoms in total. The monoisotopic (exact) mass is 376 g/mol. The van der Waals surface area contributed by atoms with E-state index in [-0.39, 0.29) is 25.9 Å². The molecule has 0 radical (unpaired) electrons. The second kappa shape index (κ2) is 4.83. The Labute approximate surface area is 132 Å². The number of hydrogen-bond acceptors (Lipinski definition) is 2. The Morgan fingerprint density at radius 2 is 2.15 bits per heavy atom. The fraction of sp³-hybridized carbons (Fsp3) is 0.231. The maximum Gasteiger partial charge on any atom is 0.257 e. The highest BCUT2D eigenvalue weighted by Gasteiger charge is 2.28. The maximum absolute atomic E-state index is 14.2. The van der Waals surface area contributed by atoms with E-state index >= 15 is 0 Å². The quantitative estimate of drug-likeness (QED) is 0.648. The van der Waals surface area contributed by atoms with Crippen LogP contribution >= 0.6 is 39.1 Å². The van der Waals surface area contributed by atoms with Crippen molar-refractivity contribution in [3.8, 4) is 0 Å². The number of benzene rings is 1. The molecule has 0 bridgehead atoms. The summed E-state index contributed by atoms with van der Waals surface area (Å²) in [5.74, 6) is -0.770. The molecule has 0 saturated heterocycles. The molecule has 20 heavy (non-hydrogen) atoms. The van der Waals surface area contributed by atoms with Crippen molar-refractivity contribution in [1.29, 1.82) is 0 Å². The zero-order chi connectivity index (χ0) is 14.6. The van der Waals surface area contributed by atoms with E-state index in [9.17, 15) is 9.18 Å². The molecule has 0 fully saturated rings. The van der Waals surface area contributed by atoms with Gasteiger partial charge in [0.15, 0.2) is 5.82 Å². The van der Waals surface area contributed by atoms with Gasteiger partial charge in [-0.15, -0.1) is 0 Å². The lowest BCUT2D eigenvalue weighted by molar-refractivity contribution is 0.0779. The van der Waals surface area contributed by atoms with E-state index in [1.165, 1.54) is 6.07 Å². The van der Waals surface area contributed by atoms with Gasteiger partial charge in [0.05, 0.1) is 25.8 Å². The average molecular weight is 378 g/mol. The minimum absolute atomic E-state index is 0.127. The summed E-state index contributed by atoms with van der Waals surface area (Å²) in [5, 5.41) is 0.741. The fourth-order valence-electron chi connectivity index (χ4n) is 2.28. The molecule has 0 N–H and O–H groups in total. The van der Waals surface area contributed by atoms with Gasteiger partial charge in [0.25, 0.3) is 5.91 Å². The van der Waals surface area contributed by atoms with E-state index in [0.717, 1.165) is 0 Å². The second-order valence-corrected chi connectivity index (χ2v) is 6.18. The fourth-order valence-corrected chi connectivity index (χ4v) is 3.11. The maximum atomic E-state index is 14.2. The van der Waals surface area contributed by atoms with Crippen LogP contribution in [-0.2, 0) is 6.42 Å². The third-order valence-corrected chi connectivity index (χ3v) is 5.07. The first-order valence-corrected chi connectivity index (χ1v) is 7.37. The first-order chi connectivity index (χ1) is 9.41. The van der Waals surface area contributed by atoms with Crippen molar-refractivity contribution in [2.75, 3.05) is 13.6 Å². The van der Waals surface area contributed by atoms with Gasteiger partial charge in [-0.05, 0) is 22.0 Å². The van der Waals surface area contributed by atoms with Crippen molar-refractivity contribution in [3.63, 3.8) is 0 Å². The summed E-state index contributed by atoms with van der Waals surface area (Å²) in [7, 11) is 1.70. The van der Waals surface area contributed by atoms with Crippen LogP contribution in [0, 0.1) is 5.82 Å². The smallest absolute Gasteiger partial charge is 0.257 e. The third-order valence-electron chi connectivity index (χ3n) is 3.37.